The van der Waals surface area contributed by atoms with Crippen LogP contribution >= 0.6 is 15.9 Å². The summed E-state index contributed by atoms with van der Waals surface area (Å²) in [7, 11) is 0. The van der Waals surface area contributed by atoms with Crippen molar-refractivity contribution in [3.63, 3.8) is 0 Å². The zero-order valence-electron chi connectivity index (χ0n) is 11.7. The van der Waals surface area contributed by atoms with Crippen LogP contribution in [0.25, 0.3) is 0 Å². The predicted molar refractivity (Wildman–Crippen MR) is 71.9 cm³/mol. The summed E-state index contributed by atoms with van der Waals surface area (Å²) in [5.41, 5.74) is 0. The Labute approximate surface area is 125 Å². The summed E-state index contributed by atoms with van der Waals surface area (Å²) in [6.07, 6.45) is -0.686. The van der Waals surface area contributed by atoms with Gasteiger partial charge in [-0.05, 0) is 19.9 Å². The van der Waals surface area contributed by atoms with Crippen molar-refractivity contribution in [1.82, 2.24) is 0 Å². The van der Waals surface area contributed by atoms with E-state index >= 15 is 0 Å². The number of rotatable bonds is 2. The molecule has 0 N–H and O–H groups in total. The van der Waals surface area contributed by atoms with Gasteiger partial charge in [0.25, 0.3) is 0 Å². The van der Waals surface area contributed by atoms with E-state index in [2.05, 4.69) is 15.9 Å². The maximum atomic E-state index is 11.3. The Balaban J connectivity index is 2.30. The van der Waals surface area contributed by atoms with Gasteiger partial charge in [0.1, 0.15) is 12.2 Å². The molecule has 0 unspecified atom stereocenters. The molecule has 2 aliphatic rings. The van der Waals surface area contributed by atoms with Gasteiger partial charge in [-0.2, -0.15) is 0 Å². The van der Waals surface area contributed by atoms with E-state index in [0.717, 1.165) is 0 Å². The zero-order chi connectivity index (χ0) is 15.1. The van der Waals surface area contributed by atoms with Crippen LogP contribution in [-0.2, 0) is 28.5 Å². The van der Waals surface area contributed by atoms with E-state index in [1.807, 2.05) is 0 Å². The normalized spacial score (nSPS) is 35.0. The molecule has 4 atom stereocenters. The molecule has 20 heavy (non-hydrogen) atoms. The van der Waals surface area contributed by atoms with Gasteiger partial charge in [0.2, 0.25) is 0 Å². The van der Waals surface area contributed by atoms with Crippen molar-refractivity contribution in [3.05, 3.63) is 10.6 Å². The minimum atomic E-state index is -0.800. The van der Waals surface area contributed by atoms with Crippen molar-refractivity contribution in [2.45, 2.75) is 57.9 Å². The molecule has 0 spiro atoms. The second-order valence-electron chi connectivity index (χ2n) is 5.22. The summed E-state index contributed by atoms with van der Waals surface area (Å²) >= 11 is 3.40. The van der Waals surface area contributed by atoms with Crippen LogP contribution in [0, 0.1) is 0 Å². The maximum absolute atomic E-state index is 11.3. The molecule has 0 bridgehead atoms. The van der Waals surface area contributed by atoms with E-state index in [9.17, 15) is 9.59 Å². The van der Waals surface area contributed by atoms with Crippen molar-refractivity contribution in [3.8, 4) is 0 Å². The first kappa shape index (κ1) is 15.5. The second kappa shape index (κ2) is 5.46. The first-order chi connectivity index (χ1) is 9.19. The zero-order valence-corrected chi connectivity index (χ0v) is 13.3. The second-order valence-corrected chi connectivity index (χ2v) is 6.14. The van der Waals surface area contributed by atoms with E-state index < -0.39 is 36.0 Å². The lowest BCUT2D eigenvalue weighted by molar-refractivity contribution is -0.183. The fourth-order valence-corrected chi connectivity index (χ4v) is 3.01. The lowest BCUT2D eigenvalue weighted by atomic mass is 9.96. The number of fused-ring (bicyclic) bond motifs is 1. The SMILES string of the molecule is CC(=O)O[C@H]1[C@@H]2OC(C)(C)O[C@@H]2C(Br)=C[C@H]1OC(C)=O. The van der Waals surface area contributed by atoms with Crippen LogP contribution < -0.4 is 0 Å². The van der Waals surface area contributed by atoms with Gasteiger partial charge in [-0.15, -0.1) is 0 Å². The van der Waals surface area contributed by atoms with Gasteiger partial charge in [0.05, 0.1) is 0 Å². The third-order valence-corrected chi connectivity index (χ3v) is 3.69. The molecule has 0 amide bonds. The Morgan fingerprint density at radius 2 is 1.80 bits per heavy atom. The summed E-state index contributed by atoms with van der Waals surface area (Å²) in [5, 5.41) is 0. The molecular weight excluding hydrogens is 332 g/mol. The summed E-state index contributed by atoms with van der Waals surface area (Å²) in [4.78, 5) is 22.5. The topological polar surface area (TPSA) is 71.1 Å². The van der Waals surface area contributed by atoms with E-state index in [1.54, 1.807) is 19.9 Å². The van der Waals surface area contributed by atoms with Crippen LogP contribution in [-0.4, -0.2) is 42.1 Å². The van der Waals surface area contributed by atoms with E-state index in [4.69, 9.17) is 18.9 Å². The summed E-state index contributed by atoms with van der Waals surface area (Å²) < 4.78 is 22.7. The Bertz CT molecular complexity index is 458. The Morgan fingerprint density at radius 3 is 2.35 bits per heavy atom. The monoisotopic (exact) mass is 348 g/mol. The highest BCUT2D eigenvalue weighted by atomic mass is 79.9. The first-order valence-electron chi connectivity index (χ1n) is 6.27. The number of carbonyl (C=O) groups excluding carboxylic acids is 2. The van der Waals surface area contributed by atoms with Crippen molar-refractivity contribution in [1.29, 1.82) is 0 Å². The average molecular weight is 349 g/mol. The minimum Gasteiger partial charge on any atom is -0.455 e. The number of esters is 2. The van der Waals surface area contributed by atoms with Crippen LogP contribution in [0.15, 0.2) is 10.6 Å². The highest BCUT2D eigenvalue weighted by molar-refractivity contribution is 9.11. The molecule has 1 aliphatic heterocycles. The van der Waals surface area contributed by atoms with Crippen LogP contribution in [0.5, 0.6) is 0 Å². The number of halogens is 1. The first-order valence-corrected chi connectivity index (χ1v) is 7.06. The summed E-state index contributed by atoms with van der Waals surface area (Å²) in [6.45, 7) is 6.15. The molecule has 1 heterocycles. The molecule has 2 rings (SSSR count). The standard InChI is InChI=1S/C13H17BrO6/c1-6(15)17-9-5-8(14)10-12(11(9)18-7(2)16)20-13(3,4)19-10/h5,9-12H,1-4H3/t9-,10-,11-,12-/m1/s1. The maximum Gasteiger partial charge on any atom is 0.303 e. The molecule has 0 aromatic rings. The minimum absolute atomic E-state index is 0.388. The molecule has 112 valence electrons. The van der Waals surface area contributed by atoms with Crippen LogP contribution in [0.4, 0.5) is 0 Å². The number of ether oxygens (including phenoxy) is 4. The highest BCUT2D eigenvalue weighted by Gasteiger charge is 2.53. The van der Waals surface area contributed by atoms with Crippen LogP contribution in [0.2, 0.25) is 0 Å². The highest BCUT2D eigenvalue weighted by Crippen LogP contribution is 2.41. The van der Waals surface area contributed by atoms with Crippen molar-refractivity contribution in [2.24, 2.45) is 0 Å². The number of hydrogen-bond donors (Lipinski definition) is 0. The fraction of sp³-hybridized carbons (Fsp3) is 0.692. The van der Waals surface area contributed by atoms with Crippen molar-refractivity contribution >= 4 is 27.9 Å². The van der Waals surface area contributed by atoms with E-state index in [-0.39, 0.29) is 6.10 Å². The van der Waals surface area contributed by atoms with Gasteiger partial charge < -0.3 is 18.9 Å². The summed E-state index contributed by atoms with van der Waals surface area (Å²) in [6, 6.07) is 0. The molecule has 0 saturated carbocycles. The Morgan fingerprint density at radius 1 is 1.20 bits per heavy atom. The van der Waals surface area contributed by atoms with Gasteiger partial charge in [-0.25, -0.2) is 0 Å². The lowest BCUT2D eigenvalue weighted by Crippen LogP contribution is -2.50. The largest absolute Gasteiger partial charge is 0.455 e. The van der Waals surface area contributed by atoms with Crippen LogP contribution in [0.1, 0.15) is 27.7 Å². The third kappa shape index (κ3) is 3.21. The Hall–Kier alpha value is -0.920. The van der Waals surface area contributed by atoms with Gasteiger partial charge in [0.15, 0.2) is 18.0 Å². The van der Waals surface area contributed by atoms with Gasteiger partial charge in [-0.3, -0.25) is 9.59 Å². The predicted octanol–water partition coefficient (Wildman–Crippen LogP) is 1.66. The average Bonchev–Trinajstić information content (AvgIpc) is 2.59. The van der Waals surface area contributed by atoms with Crippen LogP contribution in [0.3, 0.4) is 0 Å². The molecule has 0 radical (unpaired) electrons. The summed E-state index contributed by atoms with van der Waals surface area (Å²) in [5.74, 6) is -1.72. The van der Waals surface area contributed by atoms with Crippen molar-refractivity contribution < 1.29 is 28.5 Å². The fourth-order valence-electron chi connectivity index (χ4n) is 2.39. The van der Waals surface area contributed by atoms with E-state index in [0.29, 0.717) is 4.48 Å². The van der Waals surface area contributed by atoms with Gasteiger partial charge in [0, 0.05) is 18.3 Å². The molecule has 1 aliphatic carbocycles. The molecule has 6 nitrogen and oxygen atoms in total. The van der Waals surface area contributed by atoms with Gasteiger partial charge >= 0.3 is 11.9 Å². The van der Waals surface area contributed by atoms with Gasteiger partial charge in [-0.1, -0.05) is 15.9 Å². The molecule has 0 aromatic carbocycles. The molecular formula is C13H17BrO6. The molecule has 0 aromatic heterocycles. The van der Waals surface area contributed by atoms with Crippen molar-refractivity contribution in [2.75, 3.05) is 0 Å². The van der Waals surface area contributed by atoms with E-state index in [1.165, 1.54) is 13.8 Å². The molecule has 1 fully saturated rings. The molecule has 1 saturated heterocycles. The molecule has 7 heteroatoms. The smallest absolute Gasteiger partial charge is 0.303 e. The Kier molecular flexibility index (Phi) is 4.22. The quantitative estimate of drug-likeness (QED) is 0.707. The number of carbonyl (C=O) groups is 2. The third-order valence-electron chi connectivity index (χ3n) is 2.98. The lowest BCUT2D eigenvalue weighted by Gasteiger charge is -2.34. The number of hydrogen-bond acceptors (Lipinski definition) is 6.